The van der Waals surface area contributed by atoms with Crippen LogP contribution < -0.4 is 5.32 Å². The largest absolute Gasteiger partial charge is 0.480 e. The minimum absolute atomic E-state index is 0.0482. The molecule has 0 aromatic heterocycles. The Kier molecular flexibility index (Phi) is 15.0. The molecule has 0 saturated carbocycles. The predicted octanol–water partition coefficient (Wildman–Crippen LogP) is 4.57. The highest BCUT2D eigenvalue weighted by molar-refractivity contribution is 7.80. The number of ether oxygens (including phenoxy) is 2. The van der Waals surface area contributed by atoms with Gasteiger partial charge in [0.05, 0.1) is 35.7 Å². The lowest BCUT2D eigenvalue weighted by Gasteiger charge is -2.39. The predicted molar refractivity (Wildman–Crippen MR) is 173 cm³/mol. The number of hydrogen-bond donors (Lipinski definition) is 2. The Bertz CT molecular complexity index is 1050. The number of rotatable bonds is 17. The highest BCUT2D eigenvalue weighted by Crippen LogP contribution is 2.29. The summed E-state index contributed by atoms with van der Waals surface area (Å²) >= 11 is 5.70. The van der Waals surface area contributed by atoms with Crippen LogP contribution in [0.2, 0.25) is 0 Å². The molecule has 0 aliphatic carbocycles. The third-order valence-corrected chi connectivity index (χ3v) is 9.27. The zero-order valence-electron chi connectivity index (χ0n) is 27.2. The van der Waals surface area contributed by atoms with E-state index in [4.69, 9.17) is 21.7 Å². The zero-order chi connectivity index (χ0) is 32.3. The summed E-state index contributed by atoms with van der Waals surface area (Å²) in [5.41, 5.74) is 0.897. The van der Waals surface area contributed by atoms with Gasteiger partial charge in [0, 0.05) is 46.6 Å². The Morgan fingerprint density at radius 2 is 1.74 bits per heavy atom. The number of amides is 2. The summed E-state index contributed by atoms with van der Waals surface area (Å²) in [4.78, 5) is 43.0. The Morgan fingerprint density at radius 1 is 1.09 bits per heavy atom. The van der Waals surface area contributed by atoms with Gasteiger partial charge in [-0.15, -0.1) is 0 Å². The van der Waals surface area contributed by atoms with Crippen molar-refractivity contribution in [2.45, 2.75) is 103 Å². The minimum atomic E-state index is -0.983. The molecule has 1 heterocycles. The molecule has 9 nitrogen and oxygen atoms in total. The van der Waals surface area contributed by atoms with E-state index < -0.39 is 24.2 Å². The molecule has 242 valence electrons. The lowest BCUT2D eigenvalue weighted by Crippen LogP contribution is -2.54. The van der Waals surface area contributed by atoms with E-state index in [-0.39, 0.29) is 48.1 Å². The van der Waals surface area contributed by atoms with E-state index in [2.05, 4.69) is 19.2 Å². The average molecular weight is 620 g/mol. The van der Waals surface area contributed by atoms with Crippen LogP contribution in [0.5, 0.6) is 0 Å². The lowest BCUT2D eigenvalue weighted by molar-refractivity contribution is -0.144. The molecule has 43 heavy (non-hydrogen) atoms. The monoisotopic (exact) mass is 619 g/mol. The van der Waals surface area contributed by atoms with Gasteiger partial charge >= 0.3 is 5.97 Å². The third-order valence-electron chi connectivity index (χ3n) is 8.78. The van der Waals surface area contributed by atoms with Crippen molar-refractivity contribution in [1.82, 2.24) is 15.1 Å². The van der Waals surface area contributed by atoms with Crippen molar-refractivity contribution in [3.05, 3.63) is 35.9 Å². The Morgan fingerprint density at radius 3 is 2.28 bits per heavy atom. The molecule has 1 aromatic carbocycles. The van der Waals surface area contributed by atoms with Crippen molar-refractivity contribution >= 4 is 35.0 Å². The van der Waals surface area contributed by atoms with Gasteiger partial charge in [0.15, 0.2) is 0 Å². The summed E-state index contributed by atoms with van der Waals surface area (Å²) in [7, 11) is 5.03. The molecule has 0 unspecified atom stereocenters. The maximum Gasteiger partial charge on any atom is 0.326 e. The quantitative estimate of drug-likeness (QED) is 0.244. The molecule has 1 aliphatic rings. The topological polar surface area (TPSA) is 108 Å². The van der Waals surface area contributed by atoms with Crippen LogP contribution in [-0.2, 0) is 30.3 Å². The molecule has 1 saturated heterocycles. The highest BCUT2D eigenvalue weighted by atomic mass is 32.1. The number of thiocarbonyl (C=S) groups is 1. The number of hydrogen-bond acceptors (Lipinski definition) is 6. The Balaban J connectivity index is 2.18. The highest BCUT2D eigenvalue weighted by Gasteiger charge is 2.41. The first-order valence-corrected chi connectivity index (χ1v) is 15.9. The number of methoxy groups -OCH3 is 2. The van der Waals surface area contributed by atoms with Gasteiger partial charge in [-0.3, -0.25) is 9.59 Å². The van der Waals surface area contributed by atoms with Gasteiger partial charge in [0.2, 0.25) is 11.8 Å². The molecule has 1 aliphatic heterocycles. The van der Waals surface area contributed by atoms with Crippen LogP contribution in [-0.4, -0.2) is 95.8 Å². The number of benzene rings is 1. The fourth-order valence-electron chi connectivity index (χ4n) is 6.17. The van der Waals surface area contributed by atoms with Crippen LogP contribution in [0.1, 0.15) is 72.3 Å². The van der Waals surface area contributed by atoms with Crippen molar-refractivity contribution in [1.29, 1.82) is 0 Å². The molecule has 0 spiro atoms. The number of nitrogens with zero attached hydrogens (tertiary/aromatic N) is 2. The van der Waals surface area contributed by atoms with E-state index in [1.54, 1.807) is 19.1 Å². The first-order chi connectivity index (χ1) is 20.4. The van der Waals surface area contributed by atoms with Gasteiger partial charge in [-0.05, 0) is 30.2 Å². The standard InChI is InChI=1S/C33H53N3O6S/c1-9-22(4)30(35(6)28(37)18-21(2)3)27(41-7)20-29(38)36-17-13-16-26(36)31(42-8)23(5)32(43)34-25(33(39)40)19-24-14-11-10-12-15-24/h10-12,14-15,21-23,25-27,30-31H,9,13,16-20H2,1-8H3,(H,34,43)(H,39,40)/t22-,23+,25-,26-,27+,30-,31+/m0/s1. The first-order valence-electron chi connectivity index (χ1n) is 15.5. The van der Waals surface area contributed by atoms with Crippen molar-refractivity contribution in [2.75, 3.05) is 27.8 Å². The number of carboxylic acids is 1. The lowest BCUT2D eigenvalue weighted by atomic mass is 9.90. The summed E-state index contributed by atoms with van der Waals surface area (Å²) in [6.45, 7) is 10.7. The van der Waals surface area contributed by atoms with E-state index in [9.17, 15) is 19.5 Å². The second-order valence-electron chi connectivity index (χ2n) is 12.3. The average Bonchev–Trinajstić information content (AvgIpc) is 3.46. The van der Waals surface area contributed by atoms with Crippen molar-refractivity contribution < 1.29 is 29.0 Å². The first kappa shape index (κ1) is 36.6. The summed E-state index contributed by atoms with van der Waals surface area (Å²) < 4.78 is 11.9. The second kappa shape index (κ2) is 17.7. The molecule has 7 atom stereocenters. The van der Waals surface area contributed by atoms with Crippen LogP contribution >= 0.6 is 12.2 Å². The van der Waals surface area contributed by atoms with E-state index >= 15 is 0 Å². The van der Waals surface area contributed by atoms with Crippen LogP contribution in [0.4, 0.5) is 0 Å². The van der Waals surface area contributed by atoms with Crippen LogP contribution in [0, 0.1) is 17.8 Å². The number of carbonyl (C=O) groups is 3. The van der Waals surface area contributed by atoms with Crippen LogP contribution in [0.3, 0.4) is 0 Å². The molecule has 1 aromatic rings. The van der Waals surface area contributed by atoms with Crippen molar-refractivity contribution in [2.24, 2.45) is 17.8 Å². The third kappa shape index (κ3) is 10.3. The second-order valence-corrected chi connectivity index (χ2v) is 12.8. The number of likely N-dealkylation sites (tertiary alicyclic amines) is 1. The van der Waals surface area contributed by atoms with Gasteiger partial charge in [-0.25, -0.2) is 4.79 Å². The number of likely N-dealkylation sites (N-methyl/N-ethyl adjacent to an activating group) is 1. The maximum absolute atomic E-state index is 13.9. The number of carbonyl (C=O) groups excluding carboxylic acids is 2. The fourth-order valence-corrected chi connectivity index (χ4v) is 6.45. The molecule has 10 heteroatoms. The molecule has 2 rings (SSSR count). The van der Waals surface area contributed by atoms with Crippen molar-refractivity contribution in [3.63, 3.8) is 0 Å². The van der Waals surface area contributed by atoms with Crippen LogP contribution in [0.15, 0.2) is 30.3 Å². The Labute approximate surface area is 263 Å². The smallest absolute Gasteiger partial charge is 0.326 e. The SMILES string of the molecule is CC[C@H](C)[C@@H]([C@@H](CC(=O)N1CCC[C@H]1[C@H](OC)[C@@H](C)C(=S)N[C@@H](Cc1ccccc1)C(=O)O)OC)N(C)C(=O)CC(C)C. The summed E-state index contributed by atoms with van der Waals surface area (Å²) in [6.07, 6.45) is 2.43. The summed E-state index contributed by atoms with van der Waals surface area (Å²) in [5.74, 6) is -0.937. The molecule has 0 bridgehead atoms. The van der Waals surface area contributed by atoms with Gasteiger partial charge in [0.25, 0.3) is 0 Å². The fraction of sp³-hybridized carbons (Fsp3) is 0.697. The van der Waals surface area contributed by atoms with E-state index in [0.29, 0.717) is 24.4 Å². The molecular weight excluding hydrogens is 566 g/mol. The summed E-state index contributed by atoms with van der Waals surface area (Å²) in [6, 6.07) is 8.09. The number of carboxylic acid groups (broad SMARTS) is 1. The molecule has 1 fully saturated rings. The van der Waals surface area contributed by atoms with Gasteiger partial charge in [0.1, 0.15) is 6.04 Å². The zero-order valence-corrected chi connectivity index (χ0v) is 28.1. The normalized spacial score (nSPS) is 19.3. The molecular formula is C33H53N3O6S. The van der Waals surface area contributed by atoms with Gasteiger partial charge < -0.3 is 29.7 Å². The number of aliphatic carboxylic acids is 1. The van der Waals surface area contributed by atoms with Gasteiger partial charge in [-0.2, -0.15) is 0 Å². The van der Waals surface area contributed by atoms with Gasteiger partial charge in [-0.1, -0.05) is 83.6 Å². The van der Waals surface area contributed by atoms with E-state index in [1.165, 1.54) is 0 Å². The maximum atomic E-state index is 13.9. The molecule has 0 radical (unpaired) electrons. The molecule has 2 N–H and O–H groups in total. The minimum Gasteiger partial charge on any atom is -0.480 e. The van der Waals surface area contributed by atoms with Crippen LogP contribution in [0.25, 0.3) is 0 Å². The molecule has 2 amide bonds. The number of nitrogens with one attached hydrogen (secondary N) is 1. The van der Waals surface area contributed by atoms with Crippen molar-refractivity contribution in [3.8, 4) is 0 Å². The van der Waals surface area contributed by atoms with E-state index in [1.807, 2.05) is 63.1 Å². The summed E-state index contributed by atoms with van der Waals surface area (Å²) in [5, 5.41) is 12.9. The van der Waals surface area contributed by atoms with E-state index in [0.717, 1.165) is 24.8 Å². The Hall–Kier alpha value is -2.56.